The van der Waals surface area contributed by atoms with Crippen molar-refractivity contribution in [1.29, 1.82) is 0 Å². The summed E-state index contributed by atoms with van der Waals surface area (Å²) in [7, 11) is 4.53. The molecule has 4 nitrogen and oxygen atoms in total. The van der Waals surface area contributed by atoms with E-state index >= 15 is 0 Å². The van der Waals surface area contributed by atoms with Crippen molar-refractivity contribution in [2.75, 3.05) is 21.3 Å². The number of rotatable bonds is 4. The molecular weight excluding hydrogens is 184 g/mol. The van der Waals surface area contributed by atoms with Gasteiger partial charge in [-0.2, -0.15) is 0 Å². The van der Waals surface area contributed by atoms with Crippen LogP contribution in [0.2, 0.25) is 0 Å². The molecule has 0 fully saturated rings. The van der Waals surface area contributed by atoms with Gasteiger partial charge >= 0.3 is 0 Å². The lowest BCUT2D eigenvalue weighted by atomic mass is 10.2. The number of aliphatic hydroxyl groups excluding tert-OH is 1. The van der Waals surface area contributed by atoms with Gasteiger partial charge in [0.1, 0.15) is 11.5 Å². The monoisotopic (exact) mass is 198 g/mol. The van der Waals surface area contributed by atoms with E-state index < -0.39 is 6.29 Å². The van der Waals surface area contributed by atoms with E-state index in [1.54, 1.807) is 32.4 Å². The lowest BCUT2D eigenvalue weighted by Gasteiger charge is -2.12. The number of aliphatic hydroxyl groups is 1. The van der Waals surface area contributed by atoms with Crippen molar-refractivity contribution in [2.24, 2.45) is 0 Å². The van der Waals surface area contributed by atoms with E-state index in [-0.39, 0.29) is 0 Å². The van der Waals surface area contributed by atoms with Crippen molar-refractivity contribution >= 4 is 0 Å². The molecule has 0 heterocycles. The highest BCUT2D eigenvalue weighted by Gasteiger charge is 2.09. The summed E-state index contributed by atoms with van der Waals surface area (Å²) >= 11 is 0. The van der Waals surface area contributed by atoms with Gasteiger partial charge in [-0.1, -0.05) is 0 Å². The largest absolute Gasteiger partial charge is 0.497 e. The average Bonchev–Trinajstić information content (AvgIpc) is 2.27. The fraction of sp³-hybridized carbons (Fsp3) is 0.400. The predicted octanol–water partition coefficient (Wildman–Crippen LogP) is 1.34. The van der Waals surface area contributed by atoms with E-state index in [1.807, 2.05) is 0 Å². The summed E-state index contributed by atoms with van der Waals surface area (Å²) in [6.07, 6.45) is -0.959. The number of hydrogen-bond acceptors (Lipinski definition) is 4. The maximum atomic E-state index is 9.44. The van der Waals surface area contributed by atoms with Crippen LogP contribution < -0.4 is 9.47 Å². The maximum Gasteiger partial charge on any atom is 0.181 e. The Morgan fingerprint density at radius 1 is 1.00 bits per heavy atom. The Bertz CT molecular complexity index is 276. The zero-order valence-electron chi connectivity index (χ0n) is 8.48. The minimum Gasteiger partial charge on any atom is -0.497 e. The number of methoxy groups -OCH3 is 3. The van der Waals surface area contributed by atoms with E-state index in [0.29, 0.717) is 17.1 Å². The highest BCUT2D eigenvalue weighted by molar-refractivity contribution is 5.38. The van der Waals surface area contributed by atoms with Crippen LogP contribution in [0.5, 0.6) is 11.5 Å². The quantitative estimate of drug-likeness (QED) is 0.742. The molecule has 1 unspecified atom stereocenters. The van der Waals surface area contributed by atoms with E-state index in [1.165, 1.54) is 7.11 Å². The SMILES string of the molecule is COc1cc(OC)cc(C(O)OC)c1. The molecule has 1 rings (SSSR count). The first-order valence-electron chi connectivity index (χ1n) is 4.15. The van der Waals surface area contributed by atoms with E-state index in [0.717, 1.165) is 0 Å². The van der Waals surface area contributed by atoms with Gasteiger partial charge < -0.3 is 19.3 Å². The van der Waals surface area contributed by atoms with Gasteiger partial charge in [0.05, 0.1) is 14.2 Å². The molecule has 14 heavy (non-hydrogen) atoms. The van der Waals surface area contributed by atoms with Crippen molar-refractivity contribution in [3.63, 3.8) is 0 Å². The number of benzene rings is 1. The van der Waals surface area contributed by atoms with Crippen LogP contribution in [-0.4, -0.2) is 26.4 Å². The minimum atomic E-state index is -0.959. The Kier molecular flexibility index (Phi) is 3.73. The smallest absolute Gasteiger partial charge is 0.181 e. The van der Waals surface area contributed by atoms with Crippen LogP contribution in [0.15, 0.2) is 18.2 Å². The van der Waals surface area contributed by atoms with Crippen LogP contribution in [-0.2, 0) is 4.74 Å². The van der Waals surface area contributed by atoms with Crippen molar-refractivity contribution in [3.8, 4) is 11.5 Å². The Morgan fingerprint density at radius 2 is 1.50 bits per heavy atom. The van der Waals surface area contributed by atoms with Crippen molar-refractivity contribution in [3.05, 3.63) is 23.8 Å². The fourth-order valence-electron chi connectivity index (χ4n) is 1.11. The average molecular weight is 198 g/mol. The lowest BCUT2D eigenvalue weighted by Crippen LogP contribution is -2.00. The van der Waals surface area contributed by atoms with Crippen LogP contribution in [0.25, 0.3) is 0 Å². The molecule has 0 aromatic heterocycles. The van der Waals surface area contributed by atoms with E-state index in [2.05, 4.69) is 0 Å². The van der Waals surface area contributed by atoms with Crippen molar-refractivity contribution in [2.45, 2.75) is 6.29 Å². The van der Waals surface area contributed by atoms with Crippen LogP contribution in [0.3, 0.4) is 0 Å². The molecule has 0 amide bonds. The van der Waals surface area contributed by atoms with Gasteiger partial charge in [0.25, 0.3) is 0 Å². The van der Waals surface area contributed by atoms with Gasteiger partial charge in [-0.25, -0.2) is 0 Å². The molecule has 1 N–H and O–H groups in total. The molecule has 1 atom stereocenters. The van der Waals surface area contributed by atoms with Crippen LogP contribution in [0.4, 0.5) is 0 Å². The maximum absolute atomic E-state index is 9.44. The molecule has 0 aliphatic carbocycles. The van der Waals surface area contributed by atoms with Gasteiger partial charge in [0.15, 0.2) is 6.29 Å². The van der Waals surface area contributed by atoms with Gasteiger partial charge in [-0.15, -0.1) is 0 Å². The summed E-state index contributed by atoms with van der Waals surface area (Å²) in [6, 6.07) is 5.11. The van der Waals surface area contributed by atoms with Gasteiger partial charge in [0.2, 0.25) is 0 Å². The Labute approximate surface area is 83.0 Å². The predicted molar refractivity (Wildman–Crippen MR) is 51.5 cm³/mol. The summed E-state index contributed by atoms with van der Waals surface area (Å²) in [5.74, 6) is 1.24. The molecule has 0 saturated heterocycles. The molecule has 0 spiro atoms. The molecule has 4 heteroatoms. The zero-order chi connectivity index (χ0) is 10.6. The molecule has 0 radical (unpaired) electrons. The molecule has 1 aromatic carbocycles. The molecule has 0 aliphatic heterocycles. The highest BCUT2D eigenvalue weighted by atomic mass is 16.6. The first kappa shape index (κ1) is 10.8. The minimum absolute atomic E-state index is 0.601. The van der Waals surface area contributed by atoms with Gasteiger partial charge in [-0.3, -0.25) is 0 Å². The topological polar surface area (TPSA) is 47.9 Å². The van der Waals surface area contributed by atoms with E-state index in [9.17, 15) is 5.11 Å². The highest BCUT2D eigenvalue weighted by Crippen LogP contribution is 2.26. The first-order valence-corrected chi connectivity index (χ1v) is 4.15. The second-order valence-corrected chi connectivity index (χ2v) is 2.73. The van der Waals surface area contributed by atoms with Crippen LogP contribution in [0, 0.1) is 0 Å². The lowest BCUT2D eigenvalue weighted by molar-refractivity contribution is -0.0771. The summed E-state index contributed by atoms with van der Waals surface area (Å²) in [4.78, 5) is 0. The molecule has 78 valence electrons. The molecule has 0 bridgehead atoms. The van der Waals surface area contributed by atoms with Gasteiger partial charge in [0, 0.05) is 18.7 Å². The third-order valence-corrected chi connectivity index (χ3v) is 1.88. The molecule has 0 saturated carbocycles. The second kappa shape index (κ2) is 4.83. The number of hydrogen-bond donors (Lipinski definition) is 1. The Balaban J connectivity index is 3.04. The summed E-state index contributed by atoms with van der Waals surface area (Å²) in [5, 5.41) is 9.44. The summed E-state index contributed by atoms with van der Waals surface area (Å²) in [5.41, 5.74) is 0.601. The fourth-order valence-corrected chi connectivity index (χ4v) is 1.11. The standard InChI is InChI=1S/C10H14O4/c1-12-8-4-7(10(11)14-3)5-9(6-8)13-2/h4-6,10-11H,1-3H3. The Morgan fingerprint density at radius 3 is 1.86 bits per heavy atom. The van der Waals surface area contributed by atoms with Crippen LogP contribution >= 0.6 is 0 Å². The molecule has 1 aromatic rings. The zero-order valence-corrected chi connectivity index (χ0v) is 8.48. The summed E-state index contributed by atoms with van der Waals surface area (Å²) < 4.78 is 14.9. The third-order valence-electron chi connectivity index (χ3n) is 1.88. The Hall–Kier alpha value is -1.26. The molecular formula is C10H14O4. The van der Waals surface area contributed by atoms with Crippen molar-refractivity contribution in [1.82, 2.24) is 0 Å². The first-order chi connectivity index (χ1) is 6.71. The van der Waals surface area contributed by atoms with Crippen LogP contribution in [0.1, 0.15) is 11.9 Å². The van der Waals surface area contributed by atoms with Crippen molar-refractivity contribution < 1.29 is 19.3 Å². The second-order valence-electron chi connectivity index (χ2n) is 2.73. The molecule has 0 aliphatic rings. The van der Waals surface area contributed by atoms with Gasteiger partial charge in [-0.05, 0) is 12.1 Å². The summed E-state index contributed by atoms with van der Waals surface area (Å²) in [6.45, 7) is 0. The number of ether oxygens (including phenoxy) is 3. The normalized spacial score (nSPS) is 12.3. The van der Waals surface area contributed by atoms with E-state index in [4.69, 9.17) is 14.2 Å². The third kappa shape index (κ3) is 2.37.